The molecule has 0 aromatic heterocycles. The summed E-state index contributed by atoms with van der Waals surface area (Å²) in [4.78, 5) is 27.6. The van der Waals surface area contributed by atoms with E-state index in [1.165, 1.54) is 19.4 Å². The molecule has 170 valence electrons. The Labute approximate surface area is 206 Å². The second-order valence-electron chi connectivity index (χ2n) is 8.38. The minimum atomic E-state index is -0.190. The van der Waals surface area contributed by atoms with Crippen molar-refractivity contribution in [3.05, 3.63) is 102 Å². The van der Waals surface area contributed by atoms with Crippen LogP contribution >= 0.6 is 0 Å². The number of hydrogen-bond acceptors (Lipinski definition) is 3. The number of carbonyl (C=O) groups is 2. The Morgan fingerprint density at radius 2 is 1.53 bits per heavy atom. The van der Waals surface area contributed by atoms with Crippen LogP contribution in [0.15, 0.2) is 84.9 Å². The van der Waals surface area contributed by atoms with Crippen LogP contribution in [0.4, 0.5) is 5.69 Å². The van der Waals surface area contributed by atoms with Crippen molar-refractivity contribution in [2.24, 2.45) is 0 Å². The van der Waals surface area contributed by atoms with Crippen LogP contribution in [-0.4, -0.2) is 38.2 Å². The Morgan fingerprint density at radius 3 is 2.32 bits per heavy atom. The molecule has 5 heteroatoms. The number of unbranched alkanes of at least 4 members (excludes halogenated alkanes) is 1. The molecule has 2 amide bonds. The summed E-state index contributed by atoms with van der Waals surface area (Å²) in [6.45, 7) is 3.20. The van der Waals surface area contributed by atoms with E-state index in [2.05, 4.69) is 60.8 Å². The Kier molecular flexibility index (Phi) is 6.48. The summed E-state index contributed by atoms with van der Waals surface area (Å²) in [6, 6.07) is 28.7. The summed E-state index contributed by atoms with van der Waals surface area (Å²) in [5, 5.41) is 5.26. The molecular weight excluding hydrogens is 487 g/mol. The number of nitrogens with zero attached hydrogens (tertiary/aromatic N) is 1. The molecule has 0 saturated heterocycles. The fourth-order valence-corrected chi connectivity index (χ4v) is 6.40. The first-order valence-corrected chi connectivity index (χ1v) is 13.3. The molecule has 4 nitrogen and oxygen atoms in total. The third-order valence-corrected chi connectivity index (χ3v) is 8.50. The molecule has 4 aromatic carbocycles. The van der Waals surface area contributed by atoms with E-state index in [1.54, 1.807) is 0 Å². The molecule has 0 unspecified atom stereocenters. The van der Waals surface area contributed by atoms with Gasteiger partial charge >= 0.3 is 193 Å². The van der Waals surface area contributed by atoms with Gasteiger partial charge in [0, 0.05) is 0 Å². The van der Waals surface area contributed by atoms with Gasteiger partial charge in [0.05, 0.1) is 0 Å². The molecule has 0 radical (unpaired) electrons. The molecule has 0 fully saturated rings. The van der Waals surface area contributed by atoms with Crippen LogP contribution in [0.3, 0.4) is 0 Å². The zero-order valence-corrected chi connectivity index (χ0v) is 20.8. The quantitative estimate of drug-likeness (QED) is 0.279. The minimum absolute atomic E-state index is 0.190. The molecule has 1 aliphatic heterocycles. The van der Waals surface area contributed by atoms with E-state index >= 15 is 0 Å². The van der Waals surface area contributed by atoms with Gasteiger partial charge in [-0.25, -0.2) is 0 Å². The van der Waals surface area contributed by atoms with E-state index in [0.29, 0.717) is 24.2 Å². The van der Waals surface area contributed by atoms with Gasteiger partial charge in [0.2, 0.25) is 0 Å². The molecule has 1 aliphatic rings. The van der Waals surface area contributed by atoms with Gasteiger partial charge in [-0.15, -0.1) is 0 Å². The van der Waals surface area contributed by atoms with Gasteiger partial charge in [0.1, 0.15) is 0 Å². The Bertz CT molecular complexity index is 1350. The maximum atomic E-state index is 13.1. The van der Waals surface area contributed by atoms with Crippen molar-refractivity contribution in [3.8, 4) is 0 Å². The molecule has 0 spiro atoms. The van der Waals surface area contributed by atoms with Crippen molar-refractivity contribution in [3.63, 3.8) is 0 Å². The zero-order valence-electron chi connectivity index (χ0n) is 19.1. The molecule has 34 heavy (non-hydrogen) atoms. The topological polar surface area (TPSA) is 49.4 Å². The van der Waals surface area contributed by atoms with E-state index in [-0.39, 0.29) is 26.8 Å². The van der Waals surface area contributed by atoms with Crippen molar-refractivity contribution >= 4 is 52.2 Å². The summed E-state index contributed by atoms with van der Waals surface area (Å²) in [7, 11) is 0. The first-order chi connectivity index (χ1) is 16.7. The Morgan fingerprint density at radius 1 is 0.794 bits per heavy atom. The van der Waals surface area contributed by atoms with Crippen LogP contribution < -0.4 is 14.2 Å². The van der Waals surface area contributed by atoms with Gasteiger partial charge in [-0.2, -0.15) is 0 Å². The molecular formula is C29H26N2O2Se. The number of rotatable bonds is 8. The average molecular weight is 513 g/mol. The van der Waals surface area contributed by atoms with Crippen molar-refractivity contribution in [1.29, 1.82) is 0 Å². The van der Waals surface area contributed by atoms with Crippen LogP contribution in [0.5, 0.6) is 0 Å². The second-order valence-corrected chi connectivity index (χ2v) is 10.7. The zero-order chi connectivity index (χ0) is 23.5. The van der Waals surface area contributed by atoms with Gasteiger partial charge < -0.3 is 0 Å². The third kappa shape index (κ3) is 4.25. The normalized spacial score (nSPS) is 12.9. The first kappa shape index (κ1) is 22.4. The summed E-state index contributed by atoms with van der Waals surface area (Å²) in [5.74, 6) is -0.380. The van der Waals surface area contributed by atoms with Crippen LogP contribution in [-0.2, 0) is 6.54 Å². The Hall–Kier alpha value is -3.40. The first-order valence-electron chi connectivity index (χ1n) is 11.6. The summed E-state index contributed by atoms with van der Waals surface area (Å²) in [5.41, 5.74) is 3.41. The van der Waals surface area contributed by atoms with Gasteiger partial charge in [-0.3, -0.25) is 0 Å². The molecule has 1 N–H and O–H groups in total. The van der Waals surface area contributed by atoms with E-state index in [1.807, 2.05) is 36.4 Å². The van der Waals surface area contributed by atoms with Crippen LogP contribution in [0, 0.1) is 0 Å². The molecule has 0 atom stereocenters. The van der Waals surface area contributed by atoms with Crippen molar-refractivity contribution in [2.75, 3.05) is 11.9 Å². The van der Waals surface area contributed by atoms with Crippen LogP contribution in [0.1, 0.15) is 46.0 Å². The van der Waals surface area contributed by atoms with E-state index in [9.17, 15) is 9.59 Å². The standard InChI is InChI=1S/C29H26N2O2Se/c1-2-3-18-31-28(32)23-14-9-13-22-25(17-16-24(27(22)23)29(31)33)30-19-20-10-7-8-15-26(20)34-21-11-5-4-6-12-21/h4-17,30H,2-3,18-19H2,1H3. The fraction of sp³-hybridized carbons (Fsp3) is 0.172. The second kappa shape index (κ2) is 9.84. The summed E-state index contributed by atoms with van der Waals surface area (Å²) in [6.07, 6.45) is 1.75. The molecule has 0 aliphatic carbocycles. The molecule has 0 saturated carbocycles. The monoisotopic (exact) mass is 514 g/mol. The van der Waals surface area contributed by atoms with Crippen LogP contribution in [0.2, 0.25) is 0 Å². The third-order valence-electron chi connectivity index (χ3n) is 6.14. The van der Waals surface area contributed by atoms with E-state index in [0.717, 1.165) is 29.3 Å². The predicted molar refractivity (Wildman–Crippen MR) is 139 cm³/mol. The summed E-state index contributed by atoms with van der Waals surface area (Å²) < 4.78 is 2.68. The van der Waals surface area contributed by atoms with E-state index < -0.39 is 0 Å². The van der Waals surface area contributed by atoms with Crippen molar-refractivity contribution < 1.29 is 9.59 Å². The number of nitrogens with one attached hydrogen (secondary N) is 1. The van der Waals surface area contributed by atoms with Gasteiger partial charge in [-0.05, 0) is 0 Å². The number of benzene rings is 4. The number of amides is 2. The van der Waals surface area contributed by atoms with E-state index in [4.69, 9.17) is 0 Å². The molecule has 0 bridgehead atoms. The molecule has 5 rings (SSSR count). The van der Waals surface area contributed by atoms with Crippen molar-refractivity contribution in [2.45, 2.75) is 26.3 Å². The predicted octanol–water partition coefficient (Wildman–Crippen LogP) is 4.50. The van der Waals surface area contributed by atoms with Gasteiger partial charge in [0.25, 0.3) is 0 Å². The van der Waals surface area contributed by atoms with Gasteiger partial charge in [0.15, 0.2) is 0 Å². The van der Waals surface area contributed by atoms with Crippen LogP contribution in [0.25, 0.3) is 10.8 Å². The number of carbonyl (C=O) groups excluding carboxylic acids is 2. The Balaban J connectivity index is 1.44. The van der Waals surface area contributed by atoms with Gasteiger partial charge in [-0.1, -0.05) is 13.3 Å². The average Bonchev–Trinajstić information content (AvgIpc) is 2.87. The number of anilines is 1. The summed E-state index contributed by atoms with van der Waals surface area (Å²) >= 11 is 0.222. The maximum absolute atomic E-state index is 13.1. The number of imide groups is 1. The number of hydrogen-bond donors (Lipinski definition) is 1. The molecule has 1 heterocycles. The SMILES string of the molecule is CCCCN1C(=O)c2cccc3c(NCc4ccccc4[Se]c4ccccc4)ccc(c23)C1=O. The van der Waals surface area contributed by atoms with Crippen molar-refractivity contribution in [1.82, 2.24) is 4.90 Å². The molecule has 4 aromatic rings. The fourth-order valence-electron chi connectivity index (χ4n) is 4.38.